The zero-order valence-electron chi connectivity index (χ0n) is 13.8. The number of hydrogen-bond donors (Lipinski definition) is 1. The van der Waals surface area contributed by atoms with Crippen LogP contribution in [0.3, 0.4) is 0 Å². The van der Waals surface area contributed by atoms with Crippen LogP contribution in [0.2, 0.25) is 0 Å². The molecule has 5 nitrogen and oxygen atoms in total. The summed E-state index contributed by atoms with van der Waals surface area (Å²) in [5, 5.41) is 2.92. The van der Waals surface area contributed by atoms with Gasteiger partial charge in [-0.05, 0) is 45.2 Å². The lowest BCUT2D eigenvalue weighted by Crippen LogP contribution is -2.40. The number of nitrogens with one attached hydrogen (secondary N) is 1. The summed E-state index contributed by atoms with van der Waals surface area (Å²) >= 11 is 0. The van der Waals surface area contributed by atoms with Gasteiger partial charge in [0.15, 0.2) is 0 Å². The molecule has 2 heterocycles. The predicted molar refractivity (Wildman–Crippen MR) is 91.0 cm³/mol. The highest BCUT2D eigenvalue weighted by atomic mass is 16.1. The van der Waals surface area contributed by atoms with Crippen molar-refractivity contribution in [1.29, 1.82) is 0 Å². The Morgan fingerprint density at radius 3 is 2.57 bits per heavy atom. The number of amides is 1. The third-order valence-corrected chi connectivity index (χ3v) is 3.74. The number of nitrogens with zero attached hydrogens (tertiary/aromatic N) is 3. The molecule has 0 unspecified atom stereocenters. The maximum Gasteiger partial charge on any atom is 0.254 e. The van der Waals surface area contributed by atoms with Crippen molar-refractivity contribution >= 4 is 17.5 Å². The number of fused-ring (bicyclic) bond motifs is 1. The molecule has 0 saturated heterocycles. The van der Waals surface area contributed by atoms with Gasteiger partial charge in [0.1, 0.15) is 0 Å². The van der Waals surface area contributed by atoms with Crippen LogP contribution in [0.4, 0.5) is 11.6 Å². The molecule has 1 aromatic carbocycles. The van der Waals surface area contributed by atoms with E-state index < -0.39 is 0 Å². The lowest BCUT2D eigenvalue weighted by atomic mass is 10.0. The van der Waals surface area contributed by atoms with Gasteiger partial charge >= 0.3 is 0 Å². The molecule has 0 fully saturated rings. The van der Waals surface area contributed by atoms with E-state index in [0.717, 1.165) is 25.1 Å². The first kappa shape index (κ1) is 15.5. The van der Waals surface area contributed by atoms with Gasteiger partial charge in [-0.15, -0.1) is 0 Å². The van der Waals surface area contributed by atoms with E-state index in [4.69, 9.17) is 0 Å². The predicted octanol–water partition coefficient (Wildman–Crippen LogP) is 3.09. The summed E-state index contributed by atoms with van der Waals surface area (Å²) < 4.78 is 0. The fraction of sp³-hybridized carbons (Fsp3) is 0.389. The normalized spacial score (nSPS) is 14.3. The number of rotatable bonds is 2. The standard InChI is InChI=1S/C18H22N4O/c1-18(2,3)21-16(23)14-11-19-17(20-12-14)22-10-6-8-13-7-4-5-9-15(13)22/h4-5,7,9,11-12H,6,8,10H2,1-3H3,(H,21,23). The van der Waals surface area contributed by atoms with Crippen LogP contribution in [0.5, 0.6) is 0 Å². The Bertz CT molecular complexity index is 704. The van der Waals surface area contributed by atoms with Gasteiger partial charge in [-0.1, -0.05) is 18.2 Å². The van der Waals surface area contributed by atoms with E-state index in [1.54, 1.807) is 12.4 Å². The van der Waals surface area contributed by atoms with Crippen LogP contribution in [0.15, 0.2) is 36.7 Å². The molecule has 0 aliphatic carbocycles. The first-order valence-electron chi connectivity index (χ1n) is 7.94. The highest BCUT2D eigenvalue weighted by Crippen LogP contribution is 2.30. The molecule has 1 aromatic heterocycles. The number of carbonyl (C=O) groups is 1. The smallest absolute Gasteiger partial charge is 0.254 e. The van der Waals surface area contributed by atoms with Gasteiger partial charge in [0.25, 0.3) is 5.91 Å². The lowest BCUT2D eigenvalue weighted by Gasteiger charge is -2.29. The molecule has 1 aliphatic rings. The molecule has 0 bridgehead atoms. The summed E-state index contributed by atoms with van der Waals surface area (Å²) in [4.78, 5) is 23.1. The molecular formula is C18H22N4O. The average molecular weight is 310 g/mol. The number of anilines is 2. The topological polar surface area (TPSA) is 58.1 Å². The van der Waals surface area contributed by atoms with Gasteiger partial charge in [-0.3, -0.25) is 4.79 Å². The molecule has 2 aromatic rings. The molecular weight excluding hydrogens is 288 g/mol. The van der Waals surface area contributed by atoms with E-state index in [1.807, 2.05) is 26.8 Å². The Labute approximate surface area is 136 Å². The molecule has 3 rings (SSSR count). The van der Waals surface area contributed by atoms with Gasteiger partial charge in [-0.2, -0.15) is 0 Å². The highest BCUT2D eigenvalue weighted by Gasteiger charge is 2.21. The molecule has 1 N–H and O–H groups in total. The Hall–Kier alpha value is -2.43. The maximum absolute atomic E-state index is 12.1. The lowest BCUT2D eigenvalue weighted by molar-refractivity contribution is 0.0919. The molecule has 5 heteroatoms. The summed E-state index contributed by atoms with van der Waals surface area (Å²) in [5.74, 6) is 0.493. The van der Waals surface area contributed by atoms with Gasteiger partial charge < -0.3 is 10.2 Å². The second-order valence-corrected chi connectivity index (χ2v) is 6.86. The van der Waals surface area contributed by atoms with Crippen LogP contribution >= 0.6 is 0 Å². The zero-order valence-corrected chi connectivity index (χ0v) is 13.8. The van der Waals surface area contributed by atoms with E-state index in [9.17, 15) is 4.79 Å². The molecule has 0 saturated carbocycles. The average Bonchev–Trinajstić information content (AvgIpc) is 2.53. The summed E-state index contributed by atoms with van der Waals surface area (Å²) in [5.41, 5.74) is 2.68. The highest BCUT2D eigenvalue weighted by molar-refractivity contribution is 5.94. The van der Waals surface area contributed by atoms with Crippen molar-refractivity contribution in [3.63, 3.8) is 0 Å². The van der Waals surface area contributed by atoms with Crippen LogP contribution in [0.25, 0.3) is 0 Å². The summed E-state index contributed by atoms with van der Waals surface area (Å²) in [6.07, 6.45) is 5.35. The Morgan fingerprint density at radius 1 is 1.17 bits per heavy atom. The van der Waals surface area contributed by atoms with Crippen molar-refractivity contribution in [2.75, 3.05) is 11.4 Å². The molecule has 1 amide bonds. The van der Waals surface area contributed by atoms with E-state index in [0.29, 0.717) is 11.5 Å². The SMILES string of the molecule is CC(C)(C)NC(=O)c1cnc(N2CCCc3ccccc32)nc1. The molecule has 23 heavy (non-hydrogen) atoms. The van der Waals surface area contributed by atoms with Crippen LogP contribution in [0.1, 0.15) is 43.1 Å². The molecule has 0 atom stereocenters. The van der Waals surface area contributed by atoms with Crippen LogP contribution in [-0.2, 0) is 6.42 Å². The van der Waals surface area contributed by atoms with E-state index >= 15 is 0 Å². The number of hydrogen-bond acceptors (Lipinski definition) is 4. The Balaban J connectivity index is 1.82. The third-order valence-electron chi connectivity index (χ3n) is 3.74. The molecule has 0 spiro atoms. The second-order valence-electron chi connectivity index (χ2n) is 6.86. The van der Waals surface area contributed by atoms with Crippen molar-refractivity contribution in [2.24, 2.45) is 0 Å². The molecule has 0 radical (unpaired) electrons. The number of aromatic nitrogens is 2. The number of benzene rings is 1. The van der Waals surface area contributed by atoms with Gasteiger partial charge in [0.2, 0.25) is 5.95 Å². The Morgan fingerprint density at radius 2 is 1.87 bits per heavy atom. The number of carbonyl (C=O) groups excluding carboxylic acids is 1. The van der Waals surface area contributed by atoms with E-state index in [-0.39, 0.29) is 11.4 Å². The minimum Gasteiger partial charge on any atom is -0.347 e. The van der Waals surface area contributed by atoms with Crippen molar-refractivity contribution in [3.05, 3.63) is 47.8 Å². The second kappa shape index (κ2) is 5.99. The van der Waals surface area contributed by atoms with Gasteiger partial charge in [0, 0.05) is 30.2 Å². The number of para-hydroxylation sites is 1. The largest absolute Gasteiger partial charge is 0.347 e. The zero-order chi connectivity index (χ0) is 16.4. The summed E-state index contributed by atoms with van der Waals surface area (Å²) in [6.45, 7) is 6.74. The van der Waals surface area contributed by atoms with Crippen molar-refractivity contribution in [3.8, 4) is 0 Å². The van der Waals surface area contributed by atoms with Crippen LogP contribution < -0.4 is 10.2 Å². The van der Waals surface area contributed by atoms with Crippen molar-refractivity contribution in [2.45, 2.75) is 39.2 Å². The molecule has 120 valence electrons. The first-order chi connectivity index (χ1) is 10.9. The molecule has 1 aliphatic heterocycles. The summed E-state index contributed by atoms with van der Waals surface area (Å²) in [6, 6.07) is 8.33. The summed E-state index contributed by atoms with van der Waals surface area (Å²) in [7, 11) is 0. The van der Waals surface area contributed by atoms with E-state index in [1.165, 1.54) is 5.56 Å². The van der Waals surface area contributed by atoms with Crippen LogP contribution in [-0.4, -0.2) is 28.0 Å². The quantitative estimate of drug-likeness (QED) is 0.926. The monoisotopic (exact) mass is 310 g/mol. The van der Waals surface area contributed by atoms with Crippen molar-refractivity contribution in [1.82, 2.24) is 15.3 Å². The van der Waals surface area contributed by atoms with Gasteiger partial charge in [0.05, 0.1) is 5.56 Å². The minimum absolute atomic E-state index is 0.150. The number of aryl methyl sites for hydroxylation is 1. The maximum atomic E-state index is 12.1. The fourth-order valence-electron chi connectivity index (χ4n) is 2.73. The fourth-order valence-corrected chi connectivity index (χ4v) is 2.73. The van der Waals surface area contributed by atoms with Gasteiger partial charge in [-0.25, -0.2) is 9.97 Å². The van der Waals surface area contributed by atoms with Crippen LogP contribution in [0, 0.1) is 0 Å². The Kier molecular flexibility index (Phi) is 4.03. The first-order valence-corrected chi connectivity index (χ1v) is 7.94. The van der Waals surface area contributed by atoms with Crippen molar-refractivity contribution < 1.29 is 4.79 Å². The third kappa shape index (κ3) is 3.50. The van der Waals surface area contributed by atoms with E-state index in [2.05, 4.69) is 38.4 Å². The minimum atomic E-state index is -0.276.